The monoisotopic (exact) mass is 147 g/mol. The van der Waals surface area contributed by atoms with Crippen LogP contribution in [0.4, 0.5) is 0 Å². The molecule has 0 radical (unpaired) electrons. The maximum atomic E-state index is 5.24. The Morgan fingerprint density at radius 3 is 2.00 bits per heavy atom. The highest BCUT2D eigenvalue weighted by Gasteiger charge is 1.80. The average molecular weight is 147 g/mol. The van der Waals surface area contributed by atoms with Crippen LogP contribution < -0.4 is 16.8 Å². The molecule has 0 spiro atoms. The lowest BCUT2D eigenvalue weighted by atomic mass is 10.4. The van der Waals surface area contributed by atoms with Gasteiger partial charge in [-0.2, -0.15) is 0 Å². The Kier molecular flexibility index (Phi) is 20.0. The molecule has 0 unspecified atom stereocenters. The van der Waals surface area contributed by atoms with Crippen molar-refractivity contribution < 1.29 is 0 Å². The van der Waals surface area contributed by atoms with Crippen molar-refractivity contribution in [3.63, 3.8) is 0 Å². The molecule has 64 valence electrons. The van der Waals surface area contributed by atoms with Gasteiger partial charge in [0.2, 0.25) is 0 Å². The van der Waals surface area contributed by atoms with E-state index in [9.17, 15) is 0 Å². The van der Waals surface area contributed by atoms with Crippen LogP contribution in [0.1, 0.15) is 20.3 Å². The smallest absolute Gasteiger partial charge is 0.00745 e. The highest BCUT2D eigenvalue weighted by Crippen LogP contribution is 1.66. The van der Waals surface area contributed by atoms with E-state index in [0.29, 0.717) is 6.54 Å². The van der Waals surface area contributed by atoms with E-state index in [2.05, 4.69) is 5.32 Å². The first-order chi connectivity index (χ1) is 4.91. The highest BCUT2D eigenvalue weighted by molar-refractivity contribution is 4.46. The minimum absolute atomic E-state index is 0.713. The zero-order valence-electron chi connectivity index (χ0n) is 7.19. The number of nitrogens with one attached hydrogen (secondary N) is 1. The molecule has 0 aliphatic heterocycles. The first-order valence-corrected chi connectivity index (χ1v) is 4.02. The van der Waals surface area contributed by atoms with E-state index in [0.717, 1.165) is 26.1 Å². The summed E-state index contributed by atoms with van der Waals surface area (Å²) in [5, 5.41) is 3.13. The molecule has 3 nitrogen and oxygen atoms in total. The van der Waals surface area contributed by atoms with Crippen LogP contribution >= 0.6 is 0 Å². The van der Waals surface area contributed by atoms with Crippen LogP contribution in [0.15, 0.2) is 0 Å². The van der Waals surface area contributed by atoms with Gasteiger partial charge in [0, 0.05) is 13.1 Å². The van der Waals surface area contributed by atoms with Gasteiger partial charge in [0.05, 0.1) is 0 Å². The molecule has 0 heterocycles. The quantitative estimate of drug-likeness (QED) is 0.476. The standard InChI is InChI=1S/C5H15N3.C2H6/c6-2-1-4-8-5-3-7;1-2/h8H,1-7H2;1-2H3. The first kappa shape index (κ1) is 12.5. The van der Waals surface area contributed by atoms with Crippen LogP contribution in [0.2, 0.25) is 0 Å². The molecule has 0 aliphatic carbocycles. The minimum Gasteiger partial charge on any atom is -0.330 e. The molecular formula is C7H21N3. The summed E-state index contributed by atoms with van der Waals surface area (Å²) in [6.45, 7) is 7.37. The Labute approximate surface area is 64.2 Å². The van der Waals surface area contributed by atoms with Gasteiger partial charge in [-0.1, -0.05) is 13.8 Å². The van der Waals surface area contributed by atoms with Crippen LogP contribution in [0, 0.1) is 0 Å². The molecule has 0 fully saturated rings. The van der Waals surface area contributed by atoms with Crippen molar-refractivity contribution >= 4 is 0 Å². The van der Waals surface area contributed by atoms with E-state index in [1.807, 2.05) is 13.8 Å². The largest absolute Gasteiger partial charge is 0.330 e. The van der Waals surface area contributed by atoms with Crippen molar-refractivity contribution in [3.05, 3.63) is 0 Å². The van der Waals surface area contributed by atoms with E-state index < -0.39 is 0 Å². The van der Waals surface area contributed by atoms with Gasteiger partial charge in [-0.15, -0.1) is 0 Å². The second kappa shape index (κ2) is 15.9. The topological polar surface area (TPSA) is 64.1 Å². The molecule has 0 rings (SSSR count). The van der Waals surface area contributed by atoms with E-state index in [1.165, 1.54) is 0 Å². The molecule has 5 N–H and O–H groups in total. The van der Waals surface area contributed by atoms with E-state index in [1.54, 1.807) is 0 Å². The molecule has 0 bridgehead atoms. The predicted octanol–water partition coefficient (Wildman–Crippen LogP) is -0.0903. The average Bonchev–Trinajstić information content (AvgIpc) is 2.02. The molecule has 0 saturated carbocycles. The molecule has 0 aromatic rings. The van der Waals surface area contributed by atoms with Gasteiger partial charge >= 0.3 is 0 Å². The molecule has 0 saturated heterocycles. The van der Waals surface area contributed by atoms with Crippen molar-refractivity contribution in [2.24, 2.45) is 11.5 Å². The lowest BCUT2D eigenvalue weighted by Gasteiger charge is -1.98. The predicted molar refractivity (Wildman–Crippen MR) is 46.9 cm³/mol. The maximum Gasteiger partial charge on any atom is 0.00745 e. The third-order valence-electron chi connectivity index (χ3n) is 0.879. The third-order valence-corrected chi connectivity index (χ3v) is 0.879. The van der Waals surface area contributed by atoms with Gasteiger partial charge in [-0.05, 0) is 19.5 Å². The lowest BCUT2D eigenvalue weighted by Crippen LogP contribution is -2.24. The van der Waals surface area contributed by atoms with Gasteiger partial charge in [-0.3, -0.25) is 0 Å². The Bertz CT molecular complexity index is 33.8. The number of hydrogen-bond acceptors (Lipinski definition) is 3. The van der Waals surface area contributed by atoms with Crippen LogP contribution in [-0.4, -0.2) is 26.2 Å². The van der Waals surface area contributed by atoms with Crippen molar-refractivity contribution in [1.82, 2.24) is 5.32 Å². The summed E-state index contributed by atoms with van der Waals surface area (Å²) in [5.74, 6) is 0. The van der Waals surface area contributed by atoms with Gasteiger partial charge in [0.1, 0.15) is 0 Å². The SMILES string of the molecule is CC.NCCCNCCN. The molecule has 3 heteroatoms. The van der Waals surface area contributed by atoms with Crippen LogP contribution in [-0.2, 0) is 0 Å². The third kappa shape index (κ3) is 15.7. The van der Waals surface area contributed by atoms with Gasteiger partial charge in [-0.25, -0.2) is 0 Å². The molecule has 10 heavy (non-hydrogen) atoms. The highest BCUT2D eigenvalue weighted by atomic mass is 14.9. The second-order valence-electron chi connectivity index (χ2n) is 1.68. The van der Waals surface area contributed by atoms with Crippen molar-refractivity contribution in [3.8, 4) is 0 Å². The summed E-state index contributed by atoms with van der Waals surface area (Å²) in [4.78, 5) is 0. The number of hydrogen-bond donors (Lipinski definition) is 3. The maximum absolute atomic E-state index is 5.24. The first-order valence-electron chi connectivity index (χ1n) is 4.02. The fourth-order valence-corrected chi connectivity index (χ4v) is 0.454. The summed E-state index contributed by atoms with van der Waals surface area (Å²) in [7, 11) is 0. The molecule has 0 aromatic heterocycles. The zero-order valence-corrected chi connectivity index (χ0v) is 7.19. The summed E-state index contributed by atoms with van der Waals surface area (Å²) >= 11 is 0. The van der Waals surface area contributed by atoms with Gasteiger partial charge < -0.3 is 16.8 Å². The second-order valence-corrected chi connectivity index (χ2v) is 1.68. The van der Waals surface area contributed by atoms with Crippen molar-refractivity contribution in [1.29, 1.82) is 0 Å². The van der Waals surface area contributed by atoms with Crippen LogP contribution in [0.25, 0.3) is 0 Å². The fourth-order valence-electron chi connectivity index (χ4n) is 0.454. The Morgan fingerprint density at radius 2 is 1.60 bits per heavy atom. The lowest BCUT2D eigenvalue weighted by molar-refractivity contribution is 0.659. The summed E-state index contributed by atoms with van der Waals surface area (Å²) in [6.07, 6.45) is 1.04. The molecular weight excluding hydrogens is 126 g/mol. The molecule has 0 amide bonds. The van der Waals surface area contributed by atoms with Gasteiger partial charge in [0.25, 0.3) is 0 Å². The minimum atomic E-state index is 0.713. The molecule has 0 atom stereocenters. The van der Waals surface area contributed by atoms with E-state index in [-0.39, 0.29) is 0 Å². The Balaban J connectivity index is 0. The zero-order chi connectivity index (χ0) is 8.24. The fraction of sp³-hybridized carbons (Fsp3) is 1.00. The van der Waals surface area contributed by atoms with Crippen molar-refractivity contribution in [2.75, 3.05) is 26.2 Å². The molecule has 0 aromatic carbocycles. The van der Waals surface area contributed by atoms with E-state index in [4.69, 9.17) is 11.5 Å². The van der Waals surface area contributed by atoms with Crippen LogP contribution in [0.5, 0.6) is 0 Å². The summed E-state index contributed by atoms with van der Waals surface area (Å²) < 4.78 is 0. The number of nitrogens with two attached hydrogens (primary N) is 2. The summed E-state index contributed by atoms with van der Waals surface area (Å²) in [5.41, 5.74) is 10.5. The van der Waals surface area contributed by atoms with Crippen LogP contribution in [0.3, 0.4) is 0 Å². The number of rotatable bonds is 5. The van der Waals surface area contributed by atoms with Gasteiger partial charge in [0.15, 0.2) is 0 Å². The Hall–Kier alpha value is -0.120. The molecule has 0 aliphatic rings. The van der Waals surface area contributed by atoms with E-state index >= 15 is 0 Å². The Morgan fingerprint density at radius 1 is 1.00 bits per heavy atom. The normalized spacial score (nSPS) is 8.40. The van der Waals surface area contributed by atoms with Crippen molar-refractivity contribution in [2.45, 2.75) is 20.3 Å². The summed E-state index contributed by atoms with van der Waals surface area (Å²) in [6, 6.07) is 0.